The van der Waals surface area contributed by atoms with E-state index < -0.39 is 0 Å². The largest absolute Gasteiger partial charge is 0.493 e. The molecule has 25 heavy (non-hydrogen) atoms. The van der Waals surface area contributed by atoms with Gasteiger partial charge < -0.3 is 14.8 Å². The van der Waals surface area contributed by atoms with Gasteiger partial charge in [0.15, 0.2) is 0 Å². The van der Waals surface area contributed by atoms with Crippen LogP contribution in [-0.2, 0) is 13.1 Å². The zero-order chi connectivity index (χ0) is 17.7. The number of rotatable bonds is 12. The molecule has 0 aliphatic rings. The Bertz CT molecular complexity index is 575. The Labute approximate surface area is 151 Å². The molecule has 0 spiro atoms. The van der Waals surface area contributed by atoms with Gasteiger partial charge in [-0.25, -0.2) is 0 Å². The summed E-state index contributed by atoms with van der Waals surface area (Å²) >= 11 is 0. The Morgan fingerprint density at radius 1 is 0.680 bits per heavy atom. The molecule has 2 rings (SSSR count). The number of hydrogen-bond acceptors (Lipinski definition) is 2. The predicted octanol–water partition coefficient (Wildman–Crippen LogP) is 3.86. The molecule has 0 radical (unpaired) electrons. The van der Waals surface area contributed by atoms with E-state index in [2.05, 4.69) is 42.7 Å². The lowest BCUT2D eigenvalue weighted by Gasteiger charge is -2.07. The minimum atomic E-state index is 0.683. The summed E-state index contributed by atoms with van der Waals surface area (Å²) < 4.78 is 11.2. The molecule has 0 heterocycles. The van der Waals surface area contributed by atoms with E-state index in [1.54, 1.807) is 0 Å². The average molecular weight is 338 g/mol. The lowest BCUT2D eigenvalue weighted by atomic mass is 10.2. The molecule has 3 nitrogen and oxygen atoms in total. The highest BCUT2D eigenvalue weighted by atomic mass is 16.5. The molecule has 3 heteroatoms. The van der Waals surface area contributed by atoms with Gasteiger partial charge >= 0.3 is 0 Å². The van der Waals surface area contributed by atoms with Crippen molar-refractivity contribution in [3.63, 3.8) is 0 Å². The van der Waals surface area contributed by atoms with Crippen LogP contribution in [0, 0.1) is 0 Å². The van der Waals surface area contributed by atoms with Crippen LogP contribution in [0.1, 0.15) is 24.0 Å². The normalized spacial score (nSPS) is 10.2. The summed E-state index contributed by atoms with van der Waals surface area (Å²) in [6.07, 6.45) is 5.47. The molecule has 0 saturated carbocycles. The van der Waals surface area contributed by atoms with Crippen molar-refractivity contribution in [3.05, 3.63) is 85.0 Å². The van der Waals surface area contributed by atoms with Crippen molar-refractivity contribution in [2.75, 3.05) is 13.2 Å². The number of benzene rings is 2. The Balaban J connectivity index is 1.71. The molecule has 0 amide bonds. The Morgan fingerprint density at radius 3 is 1.44 bits per heavy atom. The van der Waals surface area contributed by atoms with Gasteiger partial charge in [-0.15, -0.1) is 13.2 Å². The Morgan fingerprint density at radius 2 is 1.08 bits per heavy atom. The van der Waals surface area contributed by atoms with E-state index in [9.17, 15) is 0 Å². The third-order valence-electron chi connectivity index (χ3n) is 3.79. The van der Waals surface area contributed by atoms with Crippen LogP contribution < -0.4 is 14.8 Å². The van der Waals surface area contributed by atoms with E-state index >= 15 is 0 Å². The fourth-order valence-electron chi connectivity index (χ4n) is 2.37. The molecule has 2 aromatic rings. The molecule has 0 saturated heterocycles. The maximum absolute atomic E-state index is 5.62. The average Bonchev–Trinajstić information content (AvgIpc) is 2.65. The summed E-state index contributed by atoms with van der Waals surface area (Å²) in [6, 6.07) is 16.6. The fourth-order valence-corrected chi connectivity index (χ4v) is 2.37. The van der Waals surface area contributed by atoms with E-state index in [0.717, 1.165) is 37.4 Å². The minimum Gasteiger partial charge on any atom is -0.493 e. The molecule has 2 aromatic carbocycles. The van der Waals surface area contributed by atoms with Gasteiger partial charge in [0.2, 0.25) is 0 Å². The van der Waals surface area contributed by atoms with E-state index in [1.807, 2.05) is 36.4 Å². The highest BCUT2D eigenvalue weighted by Gasteiger charge is 2.00. The monoisotopic (exact) mass is 338 g/mol. The second kappa shape index (κ2) is 11.1. The summed E-state index contributed by atoms with van der Waals surface area (Å²) in [5.74, 6) is 1.83. The number of quaternary nitrogens is 1. The van der Waals surface area contributed by atoms with Gasteiger partial charge in [0.1, 0.15) is 24.6 Å². The maximum Gasteiger partial charge on any atom is 0.119 e. The number of ether oxygens (including phenoxy) is 2. The van der Waals surface area contributed by atoms with Crippen molar-refractivity contribution in [2.45, 2.75) is 25.9 Å². The molecule has 0 unspecified atom stereocenters. The molecule has 2 N–H and O–H groups in total. The molecular weight excluding hydrogens is 310 g/mol. The van der Waals surface area contributed by atoms with E-state index in [0.29, 0.717) is 13.2 Å². The first-order valence-corrected chi connectivity index (χ1v) is 8.78. The summed E-state index contributed by atoms with van der Waals surface area (Å²) in [6.45, 7) is 10.6. The first-order valence-electron chi connectivity index (χ1n) is 8.78. The minimum absolute atomic E-state index is 0.683. The molecule has 132 valence electrons. The van der Waals surface area contributed by atoms with Gasteiger partial charge in [-0.1, -0.05) is 12.2 Å². The zero-order valence-electron chi connectivity index (χ0n) is 14.8. The van der Waals surface area contributed by atoms with Crippen molar-refractivity contribution < 1.29 is 14.8 Å². The first-order chi connectivity index (χ1) is 12.3. The van der Waals surface area contributed by atoms with Crippen LogP contribution in [0.2, 0.25) is 0 Å². The molecular formula is C22H28NO2+. The van der Waals surface area contributed by atoms with Crippen molar-refractivity contribution >= 4 is 0 Å². The second-order valence-electron chi connectivity index (χ2n) is 5.84. The first kappa shape index (κ1) is 18.8. The Kier molecular flexibility index (Phi) is 8.36. The topological polar surface area (TPSA) is 35.1 Å². The standard InChI is InChI=1S/C22H27NO2/c1-3-5-15-24-21-11-7-19(8-12-21)17-23-18-20-9-13-22(14-10-20)25-16-6-4-2/h3-4,7-14,23H,1-2,5-6,15-18H2/p+1. The molecule has 0 atom stereocenters. The lowest BCUT2D eigenvalue weighted by molar-refractivity contribution is -0.686. The fraction of sp³-hybridized carbons (Fsp3) is 0.273. The number of nitrogens with two attached hydrogens (primary N) is 1. The second-order valence-corrected chi connectivity index (χ2v) is 5.84. The molecule has 0 aliphatic heterocycles. The smallest absolute Gasteiger partial charge is 0.119 e. The van der Waals surface area contributed by atoms with Crippen molar-refractivity contribution in [3.8, 4) is 11.5 Å². The molecule has 0 aliphatic carbocycles. The van der Waals surface area contributed by atoms with Crippen LogP contribution in [0.3, 0.4) is 0 Å². The molecule has 0 fully saturated rings. The lowest BCUT2D eigenvalue weighted by Crippen LogP contribution is -2.80. The maximum atomic E-state index is 5.62. The summed E-state index contributed by atoms with van der Waals surface area (Å²) in [5, 5.41) is 2.29. The molecule has 0 bridgehead atoms. The quantitative estimate of drug-likeness (QED) is 0.471. The van der Waals surface area contributed by atoms with E-state index in [1.165, 1.54) is 11.1 Å². The van der Waals surface area contributed by atoms with Crippen molar-refractivity contribution in [1.82, 2.24) is 0 Å². The highest BCUT2D eigenvalue weighted by molar-refractivity contribution is 5.27. The summed E-state index contributed by atoms with van der Waals surface area (Å²) in [4.78, 5) is 0. The number of hydrogen-bond donors (Lipinski definition) is 1. The predicted molar refractivity (Wildman–Crippen MR) is 103 cm³/mol. The third kappa shape index (κ3) is 7.27. The van der Waals surface area contributed by atoms with Crippen molar-refractivity contribution in [2.24, 2.45) is 0 Å². The van der Waals surface area contributed by atoms with Gasteiger partial charge in [0.25, 0.3) is 0 Å². The third-order valence-corrected chi connectivity index (χ3v) is 3.79. The summed E-state index contributed by atoms with van der Waals surface area (Å²) in [5.41, 5.74) is 2.58. The van der Waals surface area contributed by atoms with Crippen LogP contribution >= 0.6 is 0 Å². The van der Waals surface area contributed by atoms with Gasteiger partial charge in [0, 0.05) is 11.1 Å². The highest BCUT2D eigenvalue weighted by Crippen LogP contribution is 2.13. The van der Waals surface area contributed by atoms with Crippen LogP contribution in [-0.4, -0.2) is 13.2 Å². The van der Waals surface area contributed by atoms with Crippen molar-refractivity contribution in [1.29, 1.82) is 0 Å². The van der Waals surface area contributed by atoms with Crippen LogP contribution in [0.5, 0.6) is 11.5 Å². The van der Waals surface area contributed by atoms with Gasteiger partial charge in [-0.2, -0.15) is 0 Å². The van der Waals surface area contributed by atoms with Crippen LogP contribution in [0.25, 0.3) is 0 Å². The Hall–Kier alpha value is -2.52. The van der Waals surface area contributed by atoms with E-state index in [-0.39, 0.29) is 0 Å². The van der Waals surface area contributed by atoms with Crippen LogP contribution in [0.4, 0.5) is 0 Å². The van der Waals surface area contributed by atoms with Gasteiger partial charge in [-0.3, -0.25) is 0 Å². The van der Waals surface area contributed by atoms with E-state index in [4.69, 9.17) is 9.47 Å². The summed E-state index contributed by atoms with van der Waals surface area (Å²) in [7, 11) is 0. The van der Waals surface area contributed by atoms with Gasteiger partial charge in [0.05, 0.1) is 13.2 Å². The zero-order valence-corrected chi connectivity index (χ0v) is 14.8. The van der Waals surface area contributed by atoms with Gasteiger partial charge in [-0.05, 0) is 61.4 Å². The SMILES string of the molecule is C=CCCOc1ccc(C[NH2+]Cc2ccc(OCCC=C)cc2)cc1. The van der Waals surface area contributed by atoms with Crippen LogP contribution in [0.15, 0.2) is 73.8 Å². The molecule has 0 aromatic heterocycles.